The summed E-state index contributed by atoms with van der Waals surface area (Å²) >= 11 is 11.3. The molecule has 2 rings (SSSR count). The normalized spacial score (nSPS) is 11.1. The van der Waals surface area contributed by atoms with Crippen molar-refractivity contribution >= 4 is 49.0 Å². The first kappa shape index (κ1) is 10.5. The van der Waals surface area contributed by atoms with E-state index in [1.165, 1.54) is 25.7 Å². The van der Waals surface area contributed by atoms with Crippen LogP contribution in [0.3, 0.4) is 0 Å². The standard InChI is InChI=1S/C11H10BrClS/c1-2-7-3-4-8(5-13)10-9(12)6-14-11(7)10/h3-4,6H,2,5H2,1H3. The van der Waals surface area contributed by atoms with Gasteiger partial charge in [0.1, 0.15) is 0 Å². The Labute approximate surface area is 101 Å². The molecule has 0 saturated heterocycles. The fourth-order valence-electron chi connectivity index (χ4n) is 1.62. The predicted molar refractivity (Wildman–Crippen MR) is 68.5 cm³/mol. The molecular formula is C11H10BrClS. The highest BCUT2D eigenvalue weighted by Gasteiger charge is 2.09. The monoisotopic (exact) mass is 288 g/mol. The zero-order valence-electron chi connectivity index (χ0n) is 7.81. The fourth-order valence-corrected chi connectivity index (χ4v) is 3.77. The van der Waals surface area contributed by atoms with Gasteiger partial charge in [-0.3, -0.25) is 0 Å². The maximum absolute atomic E-state index is 5.91. The van der Waals surface area contributed by atoms with Crippen molar-refractivity contribution in [1.82, 2.24) is 0 Å². The summed E-state index contributed by atoms with van der Waals surface area (Å²) in [5, 5.41) is 3.43. The molecule has 0 aliphatic heterocycles. The smallest absolute Gasteiger partial charge is 0.0480 e. The van der Waals surface area contributed by atoms with Gasteiger partial charge in [-0.25, -0.2) is 0 Å². The lowest BCUT2D eigenvalue weighted by atomic mass is 10.1. The molecule has 74 valence electrons. The highest BCUT2D eigenvalue weighted by atomic mass is 79.9. The Morgan fingerprint density at radius 3 is 2.71 bits per heavy atom. The fraction of sp³-hybridized carbons (Fsp3) is 0.273. The molecule has 0 aliphatic rings. The second kappa shape index (κ2) is 4.21. The van der Waals surface area contributed by atoms with Crippen LogP contribution in [0.2, 0.25) is 0 Å². The lowest BCUT2D eigenvalue weighted by Gasteiger charge is -2.03. The SMILES string of the molecule is CCc1ccc(CCl)c2c(Br)csc12. The first-order valence-corrected chi connectivity index (χ1v) is 6.72. The summed E-state index contributed by atoms with van der Waals surface area (Å²) in [6.45, 7) is 2.18. The maximum Gasteiger partial charge on any atom is 0.0480 e. The average Bonchev–Trinajstić information content (AvgIpc) is 2.60. The summed E-state index contributed by atoms with van der Waals surface area (Å²) in [6.07, 6.45) is 1.08. The topological polar surface area (TPSA) is 0 Å². The third kappa shape index (κ3) is 1.60. The molecule has 0 N–H and O–H groups in total. The molecule has 0 unspecified atom stereocenters. The van der Waals surface area contributed by atoms with E-state index in [-0.39, 0.29) is 0 Å². The molecule has 0 atom stereocenters. The number of aryl methyl sites for hydroxylation is 1. The van der Waals surface area contributed by atoms with E-state index < -0.39 is 0 Å². The molecule has 14 heavy (non-hydrogen) atoms. The average molecular weight is 290 g/mol. The molecule has 3 heteroatoms. The van der Waals surface area contributed by atoms with Crippen LogP contribution in [-0.2, 0) is 12.3 Å². The van der Waals surface area contributed by atoms with Crippen molar-refractivity contribution in [3.63, 3.8) is 0 Å². The van der Waals surface area contributed by atoms with Gasteiger partial charge in [-0.1, -0.05) is 19.1 Å². The van der Waals surface area contributed by atoms with Crippen molar-refractivity contribution in [2.45, 2.75) is 19.2 Å². The Kier molecular flexibility index (Phi) is 3.15. The van der Waals surface area contributed by atoms with Crippen molar-refractivity contribution in [3.8, 4) is 0 Å². The largest absolute Gasteiger partial charge is 0.142 e. The third-order valence-corrected chi connectivity index (χ3v) is 4.64. The minimum atomic E-state index is 0.579. The lowest BCUT2D eigenvalue weighted by molar-refractivity contribution is 1.16. The molecule has 2 aromatic rings. The van der Waals surface area contributed by atoms with Crippen LogP contribution in [0.25, 0.3) is 10.1 Å². The van der Waals surface area contributed by atoms with Gasteiger partial charge in [0.2, 0.25) is 0 Å². The second-order valence-corrected chi connectivity index (χ2v) is 5.16. The van der Waals surface area contributed by atoms with Gasteiger partial charge in [0, 0.05) is 25.8 Å². The van der Waals surface area contributed by atoms with E-state index in [0.29, 0.717) is 5.88 Å². The van der Waals surface area contributed by atoms with Crippen LogP contribution in [0, 0.1) is 0 Å². The van der Waals surface area contributed by atoms with E-state index in [1.807, 2.05) is 0 Å². The first-order chi connectivity index (χ1) is 6.77. The number of benzene rings is 1. The van der Waals surface area contributed by atoms with E-state index in [9.17, 15) is 0 Å². The molecule has 0 saturated carbocycles. The summed E-state index contributed by atoms with van der Waals surface area (Å²) in [5.74, 6) is 0.579. The van der Waals surface area contributed by atoms with Crippen LogP contribution in [0.1, 0.15) is 18.1 Å². The number of alkyl halides is 1. The van der Waals surface area contributed by atoms with E-state index in [1.54, 1.807) is 11.3 Å². The number of rotatable bonds is 2. The van der Waals surface area contributed by atoms with Crippen molar-refractivity contribution in [2.75, 3.05) is 0 Å². The molecule has 0 bridgehead atoms. The quantitative estimate of drug-likeness (QED) is 0.685. The second-order valence-electron chi connectivity index (χ2n) is 3.16. The summed E-state index contributed by atoms with van der Waals surface area (Å²) in [6, 6.07) is 4.31. The molecular weight excluding hydrogens is 280 g/mol. The highest BCUT2D eigenvalue weighted by molar-refractivity contribution is 9.10. The van der Waals surface area contributed by atoms with Crippen molar-refractivity contribution in [2.24, 2.45) is 0 Å². The van der Waals surface area contributed by atoms with E-state index in [2.05, 4.69) is 40.4 Å². The number of hydrogen-bond acceptors (Lipinski definition) is 1. The third-order valence-electron chi connectivity index (χ3n) is 2.37. The maximum atomic E-state index is 5.91. The molecule has 0 fully saturated rings. The van der Waals surface area contributed by atoms with Gasteiger partial charge in [0.05, 0.1) is 0 Å². The van der Waals surface area contributed by atoms with E-state index >= 15 is 0 Å². The van der Waals surface area contributed by atoms with Crippen molar-refractivity contribution < 1.29 is 0 Å². The van der Waals surface area contributed by atoms with Gasteiger partial charge in [0.25, 0.3) is 0 Å². The van der Waals surface area contributed by atoms with Crippen molar-refractivity contribution in [1.29, 1.82) is 0 Å². The minimum absolute atomic E-state index is 0.579. The Morgan fingerprint density at radius 2 is 2.07 bits per heavy atom. The zero-order chi connectivity index (χ0) is 10.1. The van der Waals surface area contributed by atoms with Gasteiger partial charge in [-0.15, -0.1) is 22.9 Å². The number of halogens is 2. The first-order valence-electron chi connectivity index (χ1n) is 4.51. The Hall–Kier alpha value is -0.0500. The highest BCUT2D eigenvalue weighted by Crippen LogP contribution is 2.36. The molecule has 0 radical (unpaired) electrons. The summed E-state index contributed by atoms with van der Waals surface area (Å²) in [4.78, 5) is 0. The van der Waals surface area contributed by atoms with Gasteiger partial charge in [-0.05, 0) is 33.5 Å². The molecule has 0 amide bonds. The molecule has 0 nitrogen and oxygen atoms in total. The van der Waals surface area contributed by atoms with Gasteiger partial charge in [-0.2, -0.15) is 0 Å². The molecule has 0 aliphatic carbocycles. The Bertz CT molecular complexity index is 462. The number of hydrogen-bond donors (Lipinski definition) is 0. The van der Waals surface area contributed by atoms with Gasteiger partial charge in [0.15, 0.2) is 0 Å². The zero-order valence-corrected chi connectivity index (χ0v) is 11.0. The minimum Gasteiger partial charge on any atom is -0.142 e. The van der Waals surface area contributed by atoms with Crippen LogP contribution >= 0.6 is 38.9 Å². The van der Waals surface area contributed by atoms with Crippen LogP contribution in [0.5, 0.6) is 0 Å². The van der Waals surface area contributed by atoms with E-state index in [0.717, 1.165) is 6.42 Å². The molecule has 1 aromatic carbocycles. The van der Waals surface area contributed by atoms with Crippen molar-refractivity contribution in [3.05, 3.63) is 33.1 Å². The summed E-state index contributed by atoms with van der Waals surface area (Å²) in [5.41, 5.74) is 2.62. The number of thiophene rings is 1. The Morgan fingerprint density at radius 1 is 1.36 bits per heavy atom. The predicted octanol–water partition coefficient (Wildman–Crippen LogP) is 4.97. The van der Waals surface area contributed by atoms with Gasteiger partial charge < -0.3 is 0 Å². The van der Waals surface area contributed by atoms with Gasteiger partial charge >= 0.3 is 0 Å². The summed E-state index contributed by atoms with van der Waals surface area (Å²) in [7, 11) is 0. The molecule has 1 aromatic heterocycles. The lowest BCUT2D eigenvalue weighted by Crippen LogP contribution is -1.85. The van der Waals surface area contributed by atoms with E-state index in [4.69, 9.17) is 11.6 Å². The van der Waals surface area contributed by atoms with Crippen LogP contribution in [-0.4, -0.2) is 0 Å². The van der Waals surface area contributed by atoms with Crippen LogP contribution in [0.15, 0.2) is 22.0 Å². The number of fused-ring (bicyclic) bond motifs is 1. The molecule has 1 heterocycles. The molecule has 0 spiro atoms. The van der Waals surface area contributed by atoms with Crippen LogP contribution in [0.4, 0.5) is 0 Å². The Balaban J connectivity index is 2.81. The van der Waals surface area contributed by atoms with Crippen LogP contribution < -0.4 is 0 Å². The summed E-state index contributed by atoms with van der Waals surface area (Å²) < 4.78 is 2.54.